The summed E-state index contributed by atoms with van der Waals surface area (Å²) < 4.78 is 0. The van der Waals surface area contributed by atoms with Gasteiger partial charge >= 0.3 is 0 Å². The highest BCUT2D eigenvalue weighted by Gasteiger charge is 2.22. The fraction of sp³-hybridized carbons (Fsp3) is 0.250. The Balaban J connectivity index is 1.63. The normalized spacial score (nSPS) is 18.3. The predicted octanol–water partition coefficient (Wildman–Crippen LogP) is 3.26. The van der Waals surface area contributed by atoms with Gasteiger partial charge in [0.1, 0.15) is 0 Å². The van der Waals surface area contributed by atoms with Crippen LogP contribution in [0.3, 0.4) is 0 Å². The van der Waals surface area contributed by atoms with Crippen LogP contribution < -0.4 is 10.2 Å². The predicted molar refractivity (Wildman–Crippen MR) is 95.9 cm³/mol. The summed E-state index contributed by atoms with van der Waals surface area (Å²) in [6.45, 7) is 3.12. The molecule has 2 heterocycles. The molecule has 3 nitrogen and oxygen atoms in total. The Morgan fingerprint density at radius 2 is 1.96 bits per heavy atom. The Morgan fingerprint density at radius 3 is 2.87 bits per heavy atom. The fourth-order valence-corrected chi connectivity index (χ4v) is 3.42. The van der Waals surface area contributed by atoms with Crippen molar-refractivity contribution >= 4 is 16.5 Å². The minimum Gasteiger partial charge on any atom is -0.366 e. The highest BCUT2D eigenvalue weighted by Crippen LogP contribution is 2.25. The average Bonchev–Trinajstić information content (AvgIpc) is 2.63. The van der Waals surface area contributed by atoms with E-state index in [9.17, 15) is 0 Å². The lowest BCUT2D eigenvalue weighted by molar-refractivity contribution is 0.474. The average molecular weight is 303 g/mol. The molecule has 3 heteroatoms. The number of nitrogens with zero attached hydrogens (tertiary/aromatic N) is 2. The molecule has 4 rings (SSSR count). The van der Waals surface area contributed by atoms with Crippen molar-refractivity contribution in [3.63, 3.8) is 0 Å². The van der Waals surface area contributed by atoms with E-state index in [0.717, 1.165) is 26.1 Å². The smallest absolute Gasteiger partial charge is 0.0455 e. The number of aromatic nitrogens is 1. The molecule has 23 heavy (non-hydrogen) atoms. The Hall–Kier alpha value is -2.39. The molecule has 1 N–H and O–H groups in total. The molecule has 2 aromatic carbocycles. The third-order valence-corrected chi connectivity index (χ3v) is 4.62. The van der Waals surface area contributed by atoms with E-state index in [1.54, 1.807) is 0 Å². The van der Waals surface area contributed by atoms with Gasteiger partial charge in [-0.1, -0.05) is 36.4 Å². The Morgan fingerprint density at radius 1 is 1.04 bits per heavy atom. The van der Waals surface area contributed by atoms with Crippen LogP contribution >= 0.6 is 0 Å². The van der Waals surface area contributed by atoms with Crippen molar-refractivity contribution in [2.24, 2.45) is 0 Å². The first-order chi connectivity index (χ1) is 11.4. The minimum absolute atomic E-state index is 0.491. The molecule has 1 saturated heterocycles. The minimum atomic E-state index is 0.491. The summed E-state index contributed by atoms with van der Waals surface area (Å²) in [7, 11) is 0. The van der Waals surface area contributed by atoms with Crippen LogP contribution in [0, 0.1) is 0 Å². The molecule has 0 spiro atoms. The summed E-state index contributed by atoms with van der Waals surface area (Å²) in [6, 6.07) is 20.1. The second-order valence-electron chi connectivity index (χ2n) is 6.15. The van der Waals surface area contributed by atoms with Gasteiger partial charge in [-0.2, -0.15) is 0 Å². The molecule has 1 aliphatic rings. The number of pyridine rings is 1. The summed E-state index contributed by atoms with van der Waals surface area (Å²) in [6.07, 6.45) is 4.87. The van der Waals surface area contributed by atoms with Crippen LogP contribution in [-0.2, 0) is 6.42 Å². The summed E-state index contributed by atoms with van der Waals surface area (Å²) >= 11 is 0. The van der Waals surface area contributed by atoms with Gasteiger partial charge in [0.2, 0.25) is 0 Å². The van der Waals surface area contributed by atoms with Gasteiger partial charge in [0.25, 0.3) is 0 Å². The molecule has 0 radical (unpaired) electrons. The fourth-order valence-electron chi connectivity index (χ4n) is 3.42. The zero-order valence-corrected chi connectivity index (χ0v) is 13.2. The van der Waals surface area contributed by atoms with Gasteiger partial charge in [-0.15, -0.1) is 0 Å². The van der Waals surface area contributed by atoms with E-state index in [1.165, 1.54) is 22.0 Å². The molecule has 0 bridgehead atoms. The van der Waals surface area contributed by atoms with Crippen molar-refractivity contribution < 1.29 is 0 Å². The first kappa shape index (κ1) is 14.2. The first-order valence-corrected chi connectivity index (χ1v) is 8.25. The van der Waals surface area contributed by atoms with Crippen molar-refractivity contribution in [1.29, 1.82) is 0 Å². The second kappa shape index (κ2) is 6.39. The van der Waals surface area contributed by atoms with Crippen LogP contribution in [-0.4, -0.2) is 30.7 Å². The van der Waals surface area contributed by atoms with Gasteiger partial charge in [0.05, 0.1) is 0 Å². The van der Waals surface area contributed by atoms with E-state index in [-0.39, 0.29) is 0 Å². The van der Waals surface area contributed by atoms with Gasteiger partial charge in [-0.3, -0.25) is 4.98 Å². The molecule has 1 aliphatic heterocycles. The molecule has 1 aromatic heterocycles. The SMILES string of the molecule is c1ccc(CC2CNCCN2c2ccc3cnccc3c2)cc1. The summed E-state index contributed by atoms with van der Waals surface area (Å²) in [5, 5.41) is 6.00. The van der Waals surface area contributed by atoms with Crippen LogP contribution in [0.15, 0.2) is 67.0 Å². The van der Waals surface area contributed by atoms with Gasteiger partial charge in [0, 0.05) is 49.1 Å². The van der Waals surface area contributed by atoms with Crippen molar-refractivity contribution in [3.8, 4) is 0 Å². The lowest BCUT2D eigenvalue weighted by Gasteiger charge is -2.38. The maximum Gasteiger partial charge on any atom is 0.0455 e. The monoisotopic (exact) mass is 303 g/mol. The third-order valence-electron chi connectivity index (χ3n) is 4.62. The van der Waals surface area contributed by atoms with E-state index in [1.807, 2.05) is 12.4 Å². The van der Waals surface area contributed by atoms with Gasteiger partial charge in [0.15, 0.2) is 0 Å². The molecule has 1 fully saturated rings. The van der Waals surface area contributed by atoms with Gasteiger partial charge < -0.3 is 10.2 Å². The zero-order chi connectivity index (χ0) is 15.5. The maximum atomic E-state index is 4.20. The van der Waals surface area contributed by atoms with Crippen LogP contribution in [0.2, 0.25) is 0 Å². The highest BCUT2D eigenvalue weighted by atomic mass is 15.2. The van der Waals surface area contributed by atoms with Crippen molar-refractivity contribution in [2.45, 2.75) is 12.5 Å². The Labute approximate surface area is 137 Å². The maximum absolute atomic E-state index is 4.20. The van der Waals surface area contributed by atoms with Crippen LogP contribution in [0.1, 0.15) is 5.56 Å². The number of fused-ring (bicyclic) bond motifs is 1. The van der Waals surface area contributed by atoms with E-state index >= 15 is 0 Å². The van der Waals surface area contributed by atoms with E-state index in [0.29, 0.717) is 6.04 Å². The topological polar surface area (TPSA) is 28.2 Å². The number of piperazine rings is 1. The number of benzene rings is 2. The molecule has 116 valence electrons. The Kier molecular flexibility index (Phi) is 3.95. The molecule has 3 aromatic rings. The van der Waals surface area contributed by atoms with Crippen molar-refractivity contribution in [2.75, 3.05) is 24.5 Å². The second-order valence-corrected chi connectivity index (χ2v) is 6.15. The number of nitrogens with one attached hydrogen (secondary N) is 1. The third kappa shape index (κ3) is 3.06. The largest absolute Gasteiger partial charge is 0.366 e. The molecule has 0 saturated carbocycles. The molecule has 1 unspecified atom stereocenters. The van der Waals surface area contributed by atoms with E-state index in [2.05, 4.69) is 69.8 Å². The van der Waals surface area contributed by atoms with Crippen LogP contribution in [0.5, 0.6) is 0 Å². The van der Waals surface area contributed by atoms with E-state index in [4.69, 9.17) is 0 Å². The number of hydrogen-bond acceptors (Lipinski definition) is 3. The number of anilines is 1. The molecule has 0 amide bonds. The zero-order valence-electron chi connectivity index (χ0n) is 13.2. The lowest BCUT2D eigenvalue weighted by Crippen LogP contribution is -2.52. The van der Waals surface area contributed by atoms with Crippen molar-refractivity contribution in [3.05, 3.63) is 72.6 Å². The molecule has 0 aliphatic carbocycles. The van der Waals surface area contributed by atoms with Crippen LogP contribution in [0.25, 0.3) is 10.8 Å². The number of rotatable bonds is 3. The van der Waals surface area contributed by atoms with E-state index < -0.39 is 0 Å². The summed E-state index contributed by atoms with van der Waals surface area (Å²) in [5.74, 6) is 0. The molecular weight excluding hydrogens is 282 g/mol. The van der Waals surface area contributed by atoms with Crippen LogP contribution in [0.4, 0.5) is 5.69 Å². The molecule has 1 atom stereocenters. The standard InChI is InChI=1S/C20H21N3/c1-2-4-16(5-3-1)12-20-15-22-10-11-23(20)19-7-6-18-14-21-9-8-17(18)13-19/h1-9,13-14,20,22H,10-12,15H2. The van der Waals surface area contributed by atoms with Crippen molar-refractivity contribution in [1.82, 2.24) is 10.3 Å². The summed E-state index contributed by atoms with van der Waals surface area (Å²) in [4.78, 5) is 6.75. The van der Waals surface area contributed by atoms with Gasteiger partial charge in [-0.25, -0.2) is 0 Å². The number of hydrogen-bond donors (Lipinski definition) is 1. The lowest BCUT2D eigenvalue weighted by atomic mass is 10.0. The Bertz CT molecular complexity index is 785. The quantitative estimate of drug-likeness (QED) is 0.805. The molecular formula is C20H21N3. The highest BCUT2D eigenvalue weighted by molar-refractivity contribution is 5.85. The summed E-state index contributed by atoms with van der Waals surface area (Å²) in [5.41, 5.74) is 2.71. The van der Waals surface area contributed by atoms with Gasteiger partial charge in [-0.05, 0) is 35.6 Å². The first-order valence-electron chi connectivity index (χ1n) is 8.25.